The number of hydrogen-bond donors (Lipinski definition) is 1. The van der Waals surface area contributed by atoms with Gasteiger partial charge in [-0.15, -0.1) is 0 Å². The lowest BCUT2D eigenvalue weighted by Gasteiger charge is -2.09. The fourth-order valence-electron chi connectivity index (χ4n) is 3.00. The zero-order valence-electron chi connectivity index (χ0n) is 15.6. The zero-order chi connectivity index (χ0) is 19.6. The van der Waals surface area contributed by atoms with Crippen LogP contribution in [0.4, 0.5) is 11.6 Å². The normalized spacial score (nSPS) is 11.1. The van der Waals surface area contributed by atoms with Crippen LogP contribution in [0.5, 0.6) is 0 Å². The largest absolute Gasteiger partial charge is 0.318 e. The number of nitrogens with one attached hydrogen (secondary N) is 1. The van der Waals surface area contributed by atoms with E-state index in [-0.39, 0.29) is 5.69 Å². The predicted molar refractivity (Wildman–Crippen MR) is 105 cm³/mol. The van der Waals surface area contributed by atoms with Gasteiger partial charge < -0.3 is 4.57 Å². The fourth-order valence-corrected chi connectivity index (χ4v) is 3.00. The molecule has 3 rings (SSSR count). The van der Waals surface area contributed by atoms with E-state index in [2.05, 4.69) is 20.5 Å². The number of aryl methyl sites for hydroxylation is 3. The maximum atomic E-state index is 11.0. The third kappa shape index (κ3) is 4.00. The van der Waals surface area contributed by atoms with Crippen LogP contribution in [0.15, 0.2) is 41.5 Å². The van der Waals surface area contributed by atoms with E-state index in [0.717, 1.165) is 34.0 Å². The maximum Gasteiger partial charge on any atom is 0.271 e. The van der Waals surface area contributed by atoms with Crippen molar-refractivity contribution >= 4 is 17.9 Å². The number of benzene rings is 1. The van der Waals surface area contributed by atoms with Gasteiger partial charge in [-0.05, 0) is 45.9 Å². The lowest BCUT2D eigenvalue weighted by molar-refractivity contribution is -0.384. The summed E-state index contributed by atoms with van der Waals surface area (Å²) >= 11 is 0. The van der Waals surface area contributed by atoms with Crippen LogP contribution in [0.1, 0.15) is 28.3 Å². The Bertz CT molecular complexity index is 1020. The highest BCUT2D eigenvalue weighted by Crippen LogP contribution is 2.23. The first-order chi connectivity index (χ1) is 12.8. The van der Waals surface area contributed by atoms with Crippen LogP contribution >= 0.6 is 0 Å². The van der Waals surface area contributed by atoms with E-state index in [1.54, 1.807) is 18.3 Å². The summed E-state index contributed by atoms with van der Waals surface area (Å²) in [7, 11) is 0. The van der Waals surface area contributed by atoms with Gasteiger partial charge in [-0.3, -0.25) is 10.1 Å². The van der Waals surface area contributed by atoms with Gasteiger partial charge in [0.2, 0.25) is 5.95 Å². The summed E-state index contributed by atoms with van der Waals surface area (Å²) in [4.78, 5) is 19.2. The summed E-state index contributed by atoms with van der Waals surface area (Å²) in [5, 5.41) is 15.3. The van der Waals surface area contributed by atoms with Crippen LogP contribution in [0.25, 0.3) is 5.69 Å². The molecule has 2 heterocycles. The molecule has 0 saturated carbocycles. The molecule has 0 unspecified atom stereocenters. The second-order valence-electron chi connectivity index (χ2n) is 6.28. The van der Waals surface area contributed by atoms with Gasteiger partial charge in [-0.25, -0.2) is 15.4 Å². The highest BCUT2D eigenvalue weighted by Gasteiger charge is 2.12. The Morgan fingerprint density at radius 2 is 1.81 bits per heavy atom. The molecule has 3 aromatic rings. The van der Waals surface area contributed by atoms with Crippen molar-refractivity contribution < 1.29 is 4.92 Å². The minimum atomic E-state index is -0.395. The van der Waals surface area contributed by atoms with Crippen molar-refractivity contribution in [3.05, 3.63) is 74.9 Å². The molecule has 0 fully saturated rings. The molecule has 27 heavy (non-hydrogen) atoms. The van der Waals surface area contributed by atoms with Crippen molar-refractivity contribution in [3.8, 4) is 5.69 Å². The fraction of sp³-hybridized carbons (Fsp3) is 0.211. The van der Waals surface area contributed by atoms with Gasteiger partial charge >= 0.3 is 0 Å². The topological polar surface area (TPSA) is 98.2 Å². The highest BCUT2D eigenvalue weighted by atomic mass is 16.6. The van der Waals surface area contributed by atoms with Gasteiger partial charge in [0.25, 0.3) is 5.69 Å². The summed E-state index contributed by atoms with van der Waals surface area (Å²) in [5.74, 6) is 0.441. The smallest absolute Gasteiger partial charge is 0.271 e. The van der Waals surface area contributed by atoms with E-state index in [1.165, 1.54) is 6.07 Å². The van der Waals surface area contributed by atoms with Crippen LogP contribution in [-0.4, -0.2) is 25.7 Å². The molecular formula is C19H20N6O2. The van der Waals surface area contributed by atoms with Gasteiger partial charge in [0.05, 0.1) is 16.8 Å². The van der Waals surface area contributed by atoms with Crippen molar-refractivity contribution in [2.45, 2.75) is 27.7 Å². The minimum Gasteiger partial charge on any atom is -0.318 e. The lowest BCUT2D eigenvalue weighted by atomic mass is 10.2. The van der Waals surface area contributed by atoms with Gasteiger partial charge in [0.1, 0.15) is 0 Å². The van der Waals surface area contributed by atoms with E-state index < -0.39 is 4.92 Å². The molecule has 0 aliphatic rings. The SMILES string of the molecule is Cc1cc(C)nc(N/N=C/c2cc(C)n(-c3cccc([N+](=O)[O-])c3)c2C)n1. The average molecular weight is 364 g/mol. The molecule has 0 radical (unpaired) electrons. The molecule has 0 spiro atoms. The Kier molecular flexibility index (Phi) is 4.98. The van der Waals surface area contributed by atoms with Crippen molar-refractivity contribution in [2.24, 2.45) is 5.10 Å². The van der Waals surface area contributed by atoms with Crippen LogP contribution in [-0.2, 0) is 0 Å². The molecule has 8 nitrogen and oxygen atoms in total. The second-order valence-corrected chi connectivity index (χ2v) is 6.28. The number of anilines is 1. The number of non-ortho nitro benzene ring substituents is 1. The first-order valence-electron chi connectivity index (χ1n) is 8.40. The van der Waals surface area contributed by atoms with Gasteiger partial charge in [0.15, 0.2) is 0 Å². The molecule has 138 valence electrons. The molecule has 1 aromatic carbocycles. The van der Waals surface area contributed by atoms with Gasteiger partial charge in [0, 0.05) is 40.5 Å². The first kappa shape index (κ1) is 18.2. The van der Waals surface area contributed by atoms with Crippen LogP contribution in [0, 0.1) is 37.8 Å². The van der Waals surface area contributed by atoms with Crippen LogP contribution < -0.4 is 5.43 Å². The Morgan fingerprint density at radius 1 is 1.11 bits per heavy atom. The Labute approximate surface area is 156 Å². The molecule has 0 aliphatic heterocycles. The molecule has 1 N–H and O–H groups in total. The van der Waals surface area contributed by atoms with Crippen molar-refractivity contribution in [1.29, 1.82) is 0 Å². The highest BCUT2D eigenvalue weighted by molar-refractivity contribution is 5.82. The number of hydrazone groups is 1. The summed E-state index contributed by atoms with van der Waals surface area (Å²) in [6, 6.07) is 10.4. The van der Waals surface area contributed by atoms with E-state index in [9.17, 15) is 10.1 Å². The maximum absolute atomic E-state index is 11.0. The Balaban J connectivity index is 1.87. The molecule has 0 bridgehead atoms. The minimum absolute atomic E-state index is 0.0591. The quantitative estimate of drug-likeness (QED) is 0.421. The molecule has 0 atom stereocenters. The second kappa shape index (κ2) is 7.36. The number of hydrogen-bond acceptors (Lipinski definition) is 6. The predicted octanol–water partition coefficient (Wildman–Crippen LogP) is 3.86. The molecule has 8 heteroatoms. The van der Waals surface area contributed by atoms with E-state index in [1.807, 2.05) is 50.5 Å². The van der Waals surface area contributed by atoms with Crippen molar-refractivity contribution in [3.63, 3.8) is 0 Å². The summed E-state index contributed by atoms with van der Waals surface area (Å²) in [5.41, 5.74) is 8.16. The zero-order valence-corrected chi connectivity index (χ0v) is 15.6. The summed E-state index contributed by atoms with van der Waals surface area (Å²) in [6.07, 6.45) is 1.69. The number of aromatic nitrogens is 3. The third-order valence-electron chi connectivity index (χ3n) is 4.12. The van der Waals surface area contributed by atoms with Crippen molar-refractivity contribution in [2.75, 3.05) is 5.43 Å². The molecular weight excluding hydrogens is 344 g/mol. The third-order valence-corrected chi connectivity index (χ3v) is 4.12. The summed E-state index contributed by atoms with van der Waals surface area (Å²) < 4.78 is 1.96. The van der Waals surface area contributed by atoms with E-state index in [4.69, 9.17) is 0 Å². The van der Waals surface area contributed by atoms with E-state index in [0.29, 0.717) is 5.95 Å². The average Bonchev–Trinajstić information content (AvgIpc) is 2.88. The standard InChI is InChI=1S/C19H20N6O2/c1-12-8-13(2)22-19(21-12)23-20-11-16-9-14(3)24(15(16)4)17-6-5-7-18(10-17)25(26)27/h5-11H,1-4H3,(H,21,22,23)/b20-11+. The van der Waals surface area contributed by atoms with Crippen molar-refractivity contribution in [1.82, 2.24) is 14.5 Å². The molecule has 2 aromatic heterocycles. The van der Waals surface area contributed by atoms with Crippen LogP contribution in [0.3, 0.4) is 0 Å². The lowest BCUT2D eigenvalue weighted by Crippen LogP contribution is -2.01. The molecule has 0 amide bonds. The number of rotatable bonds is 5. The first-order valence-corrected chi connectivity index (χ1v) is 8.40. The van der Waals surface area contributed by atoms with Gasteiger partial charge in [-0.1, -0.05) is 6.07 Å². The van der Waals surface area contributed by atoms with Crippen LogP contribution in [0.2, 0.25) is 0 Å². The summed E-state index contributed by atoms with van der Waals surface area (Å²) in [6.45, 7) is 7.69. The van der Waals surface area contributed by atoms with E-state index >= 15 is 0 Å². The Morgan fingerprint density at radius 3 is 2.48 bits per heavy atom. The monoisotopic (exact) mass is 364 g/mol. The molecule has 0 aliphatic carbocycles. The number of nitro benzene ring substituents is 1. The Hall–Kier alpha value is -3.55. The number of nitro groups is 1. The van der Waals surface area contributed by atoms with Gasteiger partial charge in [-0.2, -0.15) is 5.10 Å². The number of nitrogens with zero attached hydrogens (tertiary/aromatic N) is 5. The molecule has 0 saturated heterocycles.